The van der Waals surface area contributed by atoms with E-state index in [1.807, 2.05) is 66.3 Å². The third-order valence-electron chi connectivity index (χ3n) is 4.44. The van der Waals surface area contributed by atoms with Crippen LogP contribution in [0.15, 0.2) is 55.4 Å². The van der Waals surface area contributed by atoms with Crippen molar-refractivity contribution in [3.8, 4) is 11.3 Å². The van der Waals surface area contributed by atoms with E-state index in [1.54, 1.807) is 10.9 Å². The minimum Gasteiger partial charge on any atom is -0.337 e. The predicted molar refractivity (Wildman–Crippen MR) is 99.2 cm³/mol. The van der Waals surface area contributed by atoms with Crippen molar-refractivity contribution in [3.05, 3.63) is 55.4 Å². The van der Waals surface area contributed by atoms with Gasteiger partial charge in [-0.25, -0.2) is 9.97 Å². The van der Waals surface area contributed by atoms with E-state index in [9.17, 15) is 0 Å². The molecule has 0 saturated heterocycles. The second-order valence-corrected chi connectivity index (χ2v) is 6.18. The van der Waals surface area contributed by atoms with Crippen LogP contribution in [0.25, 0.3) is 27.8 Å². The fraction of sp³-hybridized carbons (Fsp3) is 0.111. The van der Waals surface area contributed by atoms with Gasteiger partial charge in [0.05, 0.1) is 29.8 Å². The van der Waals surface area contributed by atoms with Crippen LogP contribution >= 0.6 is 0 Å². The summed E-state index contributed by atoms with van der Waals surface area (Å²) < 4.78 is 5.64. The Morgan fingerprint density at radius 1 is 1.00 bits per heavy atom. The molecule has 8 heteroatoms. The van der Waals surface area contributed by atoms with Crippen molar-refractivity contribution in [1.29, 1.82) is 0 Å². The molecule has 0 aliphatic rings. The maximum atomic E-state index is 4.55. The normalized spacial score (nSPS) is 11.5. The molecule has 5 aromatic rings. The van der Waals surface area contributed by atoms with Gasteiger partial charge in [0.15, 0.2) is 11.5 Å². The third-order valence-corrected chi connectivity index (χ3v) is 4.44. The Kier molecular flexibility index (Phi) is 3.05. The Labute approximate surface area is 148 Å². The summed E-state index contributed by atoms with van der Waals surface area (Å²) in [6, 6.07) is 6.11. The molecule has 0 saturated carbocycles. The van der Waals surface area contributed by atoms with Crippen LogP contribution in [0.3, 0.4) is 0 Å². The van der Waals surface area contributed by atoms with E-state index in [2.05, 4.69) is 31.5 Å². The lowest BCUT2D eigenvalue weighted by Gasteiger charge is -2.08. The van der Waals surface area contributed by atoms with Gasteiger partial charge in [-0.1, -0.05) is 0 Å². The van der Waals surface area contributed by atoms with Crippen LogP contribution in [0.5, 0.6) is 0 Å². The van der Waals surface area contributed by atoms with Crippen LogP contribution in [0, 0.1) is 0 Å². The maximum Gasteiger partial charge on any atom is 0.180 e. The highest BCUT2D eigenvalue weighted by molar-refractivity contribution is 5.84. The van der Waals surface area contributed by atoms with Crippen molar-refractivity contribution in [2.24, 2.45) is 14.1 Å². The number of rotatable bonds is 3. The van der Waals surface area contributed by atoms with Gasteiger partial charge in [0, 0.05) is 49.3 Å². The Bertz CT molecular complexity index is 1240. The number of hydrogen-bond acceptors (Lipinski definition) is 5. The molecule has 1 N–H and O–H groups in total. The van der Waals surface area contributed by atoms with Crippen LogP contribution in [0.2, 0.25) is 0 Å². The second kappa shape index (κ2) is 5.41. The molecule has 0 aliphatic heterocycles. The van der Waals surface area contributed by atoms with Gasteiger partial charge >= 0.3 is 0 Å². The van der Waals surface area contributed by atoms with Crippen LogP contribution in [0.1, 0.15) is 0 Å². The molecule has 0 spiro atoms. The Morgan fingerprint density at radius 3 is 2.77 bits per heavy atom. The summed E-state index contributed by atoms with van der Waals surface area (Å²) in [5.41, 5.74) is 4.77. The molecule has 8 nitrogen and oxygen atoms in total. The summed E-state index contributed by atoms with van der Waals surface area (Å²) in [4.78, 5) is 9.01. The van der Waals surface area contributed by atoms with E-state index >= 15 is 0 Å². The van der Waals surface area contributed by atoms with Crippen molar-refractivity contribution in [1.82, 2.24) is 33.9 Å². The highest BCUT2D eigenvalue weighted by Gasteiger charge is 2.12. The summed E-state index contributed by atoms with van der Waals surface area (Å²) in [6.45, 7) is 0. The van der Waals surface area contributed by atoms with Crippen LogP contribution in [-0.2, 0) is 14.1 Å². The molecular formula is C18H16N8. The maximum absolute atomic E-state index is 4.55. The van der Waals surface area contributed by atoms with Crippen LogP contribution in [0.4, 0.5) is 11.5 Å². The first-order valence-corrected chi connectivity index (χ1v) is 8.19. The second-order valence-electron chi connectivity index (χ2n) is 6.18. The van der Waals surface area contributed by atoms with Crippen molar-refractivity contribution < 1.29 is 0 Å². The van der Waals surface area contributed by atoms with Gasteiger partial charge in [0.25, 0.3) is 0 Å². The van der Waals surface area contributed by atoms with Crippen molar-refractivity contribution in [2.75, 3.05) is 5.32 Å². The molecule has 0 aliphatic carbocycles. The van der Waals surface area contributed by atoms with Crippen LogP contribution < -0.4 is 5.32 Å². The third kappa shape index (κ3) is 2.23. The molecule has 0 amide bonds. The fourth-order valence-electron chi connectivity index (χ4n) is 3.15. The Balaban J connectivity index is 1.57. The number of nitrogens with one attached hydrogen (secondary N) is 1. The monoisotopic (exact) mass is 344 g/mol. The summed E-state index contributed by atoms with van der Waals surface area (Å²) in [5, 5.41) is 13.0. The summed E-state index contributed by atoms with van der Waals surface area (Å²) >= 11 is 0. The molecule has 0 fully saturated rings. The first-order chi connectivity index (χ1) is 12.7. The average Bonchev–Trinajstić information content (AvgIpc) is 3.34. The Hall–Kier alpha value is -3.68. The van der Waals surface area contributed by atoms with E-state index in [4.69, 9.17) is 0 Å². The minimum atomic E-state index is 0.700. The summed E-state index contributed by atoms with van der Waals surface area (Å²) in [6.07, 6.45) is 11.1. The van der Waals surface area contributed by atoms with E-state index in [0.717, 1.165) is 33.5 Å². The molecule has 0 atom stereocenters. The first-order valence-electron chi connectivity index (χ1n) is 8.19. The summed E-state index contributed by atoms with van der Waals surface area (Å²) in [7, 11) is 3.83. The molecule has 5 rings (SSSR count). The Morgan fingerprint density at radius 2 is 1.92 bits per heavy atom. The number of nitrogens with zero attached hydrogens (tertiary/aromatic N) is 7. The summed E-state index contributed by atoms with van der Waals surface area (Å²) in [5.74, 6) is 0.700. The fourth-order valence-corrected chi connectivity index (χ4v) is 3.15. The lowest BCUT2D eigenvalue weighted by atomic mass is 10.2. The number of fused-ring (bicyclic) bond motifs is 2. The number of benzene rings is 1. The molecule has 4 heterocycles. The smallest absolute Gasteiger partial charge is 0.180 e. The predicted octanol–water partition coefficient (Wildman–Crippen LogP) is 2.76. The largest absolute Gasteiger partial charge is 0.337 e. The van der Waals surface area contributed by atoms with Gasteiger partial charge in [0.2, 0.25) is 0 Å². The molecule has 1 aromatic carbocycles. The lowest BCUT2D eigenvalue weighted by Crippen LogP contribution is -1.98. The number of aryl methyl sites for hydroxylation is 2. The van der Waals surface area contributed by atoms with E-state index in [0.29, 0.717) is 5.82 Å². The average molecular weight is 344 g/mol. The standard InChI is InChI=1S/C18H16N8/c1-24-11-13(9-21-24)16-10-20-18-17(19-5-6-26(16)18)23-14-3-4-15-12(7-14)8-22-25(15)2/h3-11H,1-2H3,(H,19,23). The van der Waals surface area contributed by atoms with Gasteiger partial charge in [-0.15, -0.1) is 0 Å². The molecule has 26 heavy (non-hydrogen) atoms. The van der Waals surface area contributed by atoms with Crippen molar-refractivity contribution in [2.45, 2.75) is 0 Å². The van der Waals surface area contributed by atoms with Gasteiger partial charge in [-0.3, -0.25) is 13.8 Å². The molecular weight excluding hydrogens is 328 g/mol. The van der Waals surface area contributed by atoms with Gasteiger partial charge in [-0.2, -0.15) is 10.2 Å². The minimum absolute atomic E-state index is 0.700. The van der Waals surface area contributed by atoms with E-state index in [1.165, 1.54) is 0 Å². The molecule has 0 unspecified atom stereocenters. The highest BCUT2D eigenvalue weighted by Crippen LogP contribution is 2.26. The number of anilines is 2. The zero-order chi connectivity index (χ0) is 17.7. The van der Waals surface area contributed by atoms with E-state index in [-0.39, 0.29) is 0 Å². The molecule has 4 aromatic heterocycles. The van der Waals surface area contributed by atoms with Crippen molar-refractivity contribution in [3.63, 3.8) is 0 Å². The first kappa shape index (κ1) is 14.6. The molecule has 128 valence electrons. The zero-order valence-electron chi connectivity index (χ0n) is 14.3. The SMILES string of the molecule is Cn1cc(-c2cnc3c(Nc4ccc5c(cnn5C)c4)nccn23)cn1. The number of hydrogen-bond donors (Lipinski definition) is 1. The molecule has 0 bridgehead atoms. The van der Waals surface area contributed by atoms with Crippen molar-refractivity contribution >= 4 is 28.1 Å². The number of imidazole rings is 1. The quantitative estimate of drug-likeness (QED) is 0.544. The van der Waals surface area contributed by atoms with E-state index < -0.39 is 0 Å². The highest BCUT2D eigenvalue weighted by atomic mass is 15.3. The van der Waals surface area contributed by atoms with Crippen LogP contribution in [-0.4, -0.2) is 33.9 Å². The van der Waals surface area contributed by atoms with Gasteiger partial charge in [0.1, 0.15) is 0 Å². The zero-order valence-corrected chi connectivity index (χ0v) is 14.3. The van der Waals surface area contributed by atoms with Gasteiger partial charge < -0.3 is 5.32 Å². The molecule has 0 radical (unpaired) electrons. The lowest BCUT2D eigenvalue weighted by molar-refractivity contribution is 0.768. The topological polar surface area (TPSA) is 77.9 Å². The van der Waals surface area contributed by atoms with Gasteiger partial charge in [-0.05, 0) is 18.2 Å². The number of aromatic nitrogens is 7.